The van der Waals surface area contributed by atoms with Crippen molar-refractivity contribution < 1.29 is 9.53 Å². The second kappa shape index (κ2) is 6.12. The van der Waals surface area contributed by atoms with Crippen LogP contribution in [0.3, 0.4) is 0 Å². The summed E-state index contributed by atoms with van der Waals surface area (Å²) in [4.78, 5) is 11.8. The molecule has 0 amide bonds. The number of ether oxygens (including phenoxy) is 1. The smallest absolute Gasteiger partial charge is 0.337 e. The molecule has 2 aromatic carbocycles. The summed E-state index contributed by atoms with van der Waals surface area (Å²) < 4.78 is 4.85. The van der Waals surface area contributed by atoms with Crippen LogP contribution in [0, 0.1) is 31.6 Å². The molecule has 3 aliphatic rings. The lowest BCUT2D eigenvalue weighted by Crippen LogP contribution is -2.36. The molecule has 0 unspecified atom stereocenters. The number of esters is 1. The van der Waals surface area contributed by atoms with Crippen molar-refractivity contribution in [3.05, 3.63) is 64.2 Å². The minimum Gasteiger partial charge on any atom is -0.465 e. The number of hydrogen-bond donors (Lipinski definition) is 1. The molecule has 3 heteroatoms. The maximum Gasteiger partial charge on any atom is 0.337 e. The SMILES string of the molecule is COC(=O)c1ccc([C@@H]2Nc3c(ccc(C)c3C)[C@H]3[C@H]4CC[C@@H](C4)[C@@H]32)cc1. The zero-order valence-electron chi connectivity index (χ0n) is 16.3. The van der Waals surface area contributed by atoms with Crippen molar-refractivity contribution >= 4 is 11.7 Å². The van der Waals surface area contributed by atoms with Crippen LogP contribution in [-0.2, 0) is 4.74 Å². The molecule has 1 N–H and O–H groups in total. The lowest BCUT2D eigenvalue weighted by molar-refractivity contribution is 0.0600. The van der Waals surface area contributed by atoms with E-state index in [2.05, 4.69) is 43.4 Å². The quantitative estimate of drug-likeness (QED) is 0.729. The summed E-state index contributed by atoms with van der Waals surface area (Å²) in [7, 11) is 1.43. The lowest BCUT2D eigenvalue weighted by Gasteiger charge is -2.44. The van der Waals surface area contributed by atoms with Crippen LogP contribution in [-0.4, -0.2) is 13.1 Å². The largest absolute Gasteiger partial charge is 0.465 e. The normalized spacial score (nSPS) is 30.4. The fourth-order valence-electron chi connectivity index (χ4n) is 6.08. The van der Waals surface area contributed by atoms with E-state index in [0.29, 0.717) is 23.4 Å². The first-order valence-corrected chi connectivity index (χ1v) is 10.1. The molecule has 2 fully saturated rings. The lowest BCUT2D eigenvalue weighted by atomic mass is 9.67. The Labute approximate surface area is 161 Å². The molecule has 2 bridgehead atoms. The molecule has 3 nitrogen and oxygen atoms in total. The number of benzene rings is 2. The summed E-state index contributed by atoms with van der Waals surface area (Å²) in [5.74, 6) is 2.70. The van der Waals surface area contributed by atoms with Gasteiger partial charge in [0.1, 0.15) is 0 Å². The molecule has 140 valence electrons. The van der Waals surface area contributed by atoms with Gasteiger partial charge < -0.3 is 10.1 Å². The minimum absolute atomic E-state index is 0.271. The van der Waals surface area contributed by atoms with Gasteiger partial charge in [-0.1, -0.05) is 24.3 Å². The Bertz CT molecular complexity index is 901. The Morgan fingerprint density at radius 3 is 2.52 bits per heavy atom. The van der Waals surface area contributed by atoms with Gasteiger partial charge in [0, 0.05) is 5.69 Å². The van der Waals surface area contributed by atoms with E-state index in [0.717, 1.165) is 11.8 Å². The Hall–Kier alpha value is -2.29. The van der Waals surface area contributed by atoms with E-state index in [1.165, 1.54) is 54.3 Å². The van der Waals surface area contributed by atoms with Gasteiger partial charge in [-0.15, -0.1) is 0 Å². The third kappa shape index (κ3) is 2.44. The number of carbonyl (C=O) groups is 1. The number of fused-ring (bicyclic) bond motifs is 7. The third-order valence-corrected chi connectivity index (χ3v) is 7.48. The minimum atomic E-state index is -0.271. The molecule has 1 heterocycles. The predicted octanol–water partition coefficient (Wildman–Crippen LogP) is 5.39. The molecule has 0 aromatic heterocycles. The average molecular weight is 361 g/mol. The van der Waals surface area contributed by atoms with Gasteiger partial charge in [-0.05, 0) is 91.2 Å². The van der Waals surface area contributed by atoms with E-state index in [9.17, 15) is 4.79 Å². The summed E-state index contributed by atoms with van der Waals surface area (Å²) in [6, 6.07) is 13.0. The van der Waals surface area contributed by atoms with Crippen LogP contribution < -0.4 is 5.32 Å². The van der Waals surface area contributed by atoms with E-state index in [1.807, 2.05) is 12.1 Å². The molecular formula is C24H27NO2. The highest BCUT2D eigenvalue weighted by Gasteiger charge is 2.53. The monoisotopic (exact) mass is 361 g/mol. The van der Waals surface area contributed by atoms with Crippen molar-refractivity contribution in [2.24, 2.45) is 17.8 Å². The first-order valence-electron chi connectivity index (χ1n) is 10.1. The molecule has 5 atom stereocenters. The van der Waals surface area contributed by atoms with Gasteiger partial charge in [0.15, 0.2) is 0 Å². The molecule has 0 spiro atoms. The molecule has 27 heavy (non-hydrogen) atoms. The number of rotatable bonds is 2. The zero-order chi connectivity index (χ0) is 18.7. The van der Waals surface area contributed by atoms with E-state index >= 15 is 0 Å². The first kappa shape index (κ1) is 16.9. The number of carbonyl (C=O) groups excluding carboxylic acids is 1. The Morgan fingerprint density at radius 1 is 1.04 bits per heavy atom. The maximum atomic E-state index is 11.8. The third-order valence-electron chi connectivity index (χ3n) is 7.48. The Balaban J connectivity index is 1.58. The molecule has 0 saturated heterocycles. The summed E-state index contributed by atoms with van der Waals surface area (Å²) in [5.41, 5.74) is 7.53. The summed E-state index contributed by atoms with van der Waals surface area (Å²) in [6.07, 6.45) is 4.12. The van der Waals surface area contributed by atoms with Crippen molar-refractivity contribution in [2.75, 3.05) is 12.4 Å². The molecule has 0 radical (unpaired) electrons. The van der Waals surface area contributed by atoms with Gasteiger partial charge in [-0.2, -0.15) is 0 Å². The number of anilines is 1. The highest BCUT2D eigenvalue weighted by molar-refractivity contribution is 5.89. The zero-order valence-corrected chi connectivity index (χ0v) is 16.3. The van der Waals surface area contributed by atoms with Gasteiger partial charge >= 0.3 is 5.97 Å². The molecule has 2 saturated carbocycles. The van der Waals surface area contributed by atoms with Crippen molar-refractivity contribution in [2.45, 2.75) is 45.1 Å². The highest BCUT2D eigenvalue weighted by atomic mass is 16.5. The van der Waals surface area contributed by atoms with E-state index in [-0.39, 0.29) is 5.97 Å². The van der Waals surface area contributed by atoms with Crippen LogP contribution in [0.15, 0.2) is 36.4 Å². The Kier molecular flexibility index (Phi) is 3.82. The van der Waals surface area contributed by atoms with Gasteiger partial charge in [0.2, 0.25) is 0 Å². The van der Waals surface area contributed by atoms with Crippen molar-refractivity contribution in [1.29, 1.82) is 0 Å². The number of hydrogen-bond acceptors (Lipinski definition) is 3. The average Bonchev–Trinajstić information content (AvgIpc) is 3.32. The number of methoxy groups -OCH3 is 1. The molecule has 5 rings (SSSR count). The topological polar surface area (TPSA) is 38.3 Å². The van der Waals surface area contributed by atoms with Crippen LogP contribution in [0.1, 0.15) is 63.8 Å². The summed E-state index contributed by atoms with van der Waals surface area (Å²) in [5, 5.41) is 3.93. The van der Waals surface area contributed by atoms with Gasteiger partial charge in [-0.25, -0.2) is 4.79 Å². The van der Waals surface area contributed by atoms with Gasteiger partial charge in [-0.3, -0.25) is 0 Å². The van der Waals surface area contributed by atoms with E-state index < -0.39 is 0 Å². The maximum absolute atomic E-state index is 11.8. The van der Waals surface area contributed by atoms with Gasteiger partial charge in [0.25, 0.3) is 0 Å². The fourth-order valence-corrected chi connectivity index (χ4v) is 6.08. The van der Waals surface area contributed by atoms with Crippen LogP contribution in [0.5, 0.6) is 0 Å². The highest BCUT2D eigenvalue weighted by Crippen LogP contribution is 2.64. The van der Waals surface area contributed by atoms with E-state index in [4.69, 9.17) is 4.74 Å². The van der Waals surface area contributed by atoms with Crippen molar-refractivity contribution in [1.82, 2.24) is 0 Å². The number of nitrogens with one attached hydrogen (secondary N) is 1. The van der Waals surface area contributed by atoms with Crippen LogP contribution in [0.4, 0.5) is 5.69 Å². The summed E-state index contributed by atoms with van der Waals surface area (Å²) >= 11 is 0. The second-order valence-corrected chi connectivity index (χ2v) is 8.64. The molecule has 1 aliphatic heterocycles. The van der Waals surface area contributed by atoms with Crippen molar-refractivity contribution in [3.63, 3.8) is 0 Å². The van der Waals surface area contributed by atoms with Crippen LogP contribution in [0.25, 0.3) is 0 Å². The van der Waals surface area contributed by atoms with E-state index in [1.54, 1.807) is 0 Å². The standard InChI is InChI=1S/C24H27NO2/c1-13-4-11-19-20-17-9-10-18(12-17)21(20)23(25-22(19)14(13)2)15-5-7-16(8-6-15)24(26)27-3/h4-8,11,17-18,20-21,23,25H,9-10,12H2,1-3H3/t17-,18-,20+,21-,23-/m0/s1. The molecule has 2 aromatic rings. The van der Waals surface area contributed by atoms with Crippen LogP contribution in [0.2, 0.25) is 0 Å². The van der Waals surface area contributed by atoms with Crippen LogP contribution >= 0.6 is 0 Å². The Morgan fingerprint density at radius 2 is 1.78 bits per heavy atom. The fraction of sp³-hybridized carbons (Fsp3) is 0.458. The first-order chi connectivity index (χ1) is 13.1. The second-order valence-electron chi connectivity index (χ2n) is 8.64. The molecular weight excluding hydrogens is 334 g/mol. The van der Waals surface area contributed by atoms with Gasteiger partial charge in [0.05, 0.1) is 18.7 Å². The summed E-state index contributed by atoms with van der Waals surface area (Å²) in [6.45, 7) is 4.44. The predicted molar refractivity (Wildman–Crippen MR) is 107 cm³/mol. The van der Waals surface area contributed by atoms with Crippen molar-refractivity contribution in [3.8, 4) is 0 Å². The molecule has 2 aliphatic carbocycles. The number of aryl methyl sites for hydroxylation is 1.